The summed E-state index contributed by atoms with van der Waals surface area (Å²) in [4.78, 5) is 18.6. The molecule has 3 rings (SSSR count). The van der Waals surface area contributed by atoms with Crippen molar-refractivity contribution in [2.24, 2.45) is 13.0 Å². The minimum atomic E-state index is 0.0631. The molecule has 1 fully saturated rings. The van der Waals surface area contributed by atoms with Crippen LogP contribution in [0.25, 0.3) is 0 Å². The van der Waals surface area contributed by atoms with E-state index in [-0.39, 0.29) is 11.8 Å². The lowest BCUT2D eigenvalue weighted by molar-refractivity contribution is -0.125. The summed E-state index contributed by atoms with van der Waals surface area (Å²) in [5.41, 5.74) is 0. The van der Waals surface area contributed by atoms with Crippen molar-refractivity contribution >= 4 is 11.7 Å². The van der Waals surface area contributed by atoms with Crippen LogP contribution in [-0.4, -0.2) is 38.7 Å². The van der Waals surface area contributed by atoms with Crippen molar-refractivity contribution in [3.63, 3.8) is 0 Å². The average Bonchev–Trinajstić information content (AvgIpc) is 2.99. The molecule has 22 heavy (non-hydrogen) atoms. The number of imidazole rings is 1. The summed E-state index contributed by atoms with van der Waals surface area (Å²) in [5, 5.41) is 11.0. The molecule has 1 aliphatic heterocycles. The quantitative estimate of drug-likeness (QED) is 0.901. The SMILES string of the molecule is Cn1ccnc1CNC(=O)C1CCN(c2cccnn2)CC1. The molecule has 7 nitrogen and oxygen atoms in total. The fourth-order valence-corrected chi connectivity index (χ4v) is 2.71. The van der Waals surface area contributed by atoms with Gasteiger partial charge in [-0.25, -0.2) is 4.98 Å². The van der Waals surface area contributed by atoms with E-state index < -0.39 is 0 Å². The first-order valence-electron chi connectivity index (χ1n) is 7.50. The molecule has 1 amide bonds. The van der Waals surface area contributed by atoms with Crippen molar-refractivity contribution < 1.29 is 4.79 Å². The highest BCUT2D eigenvalue weighted by atomic mass is 16.1. The average molecular weight is 300 g/mol. The second kappa shape index (κ2) is 6.55. The Balaban J connectivity index is 1.49. The summed E-state index contributed by atoms with van der Waals surface area (Å²) < 4.78 is 1.91. The van der Waals surface area contributed by atoms with Crippen molar-refractivity contribution in [3.8, 4) is 0 Å². The number of nitrogens with zero attached hydrogens (tertiary/aromatic N) is 5. The maximum atomic E-state index is 12.3. The number of carbonyl (C=O) groups excluding carboxylic acids is 1. The molecule has 0 aromatic carbocycles. The van der Waals surface area contributed by atoms with Crippen LogP contribution in [-0.2, 0) is 18.4 Å². The van der Waals surface area contributed by atoms with Crippen LogP contribution in [0.5, 0.6) is 0 Å². The third-order valence-electron chi connectivity index (χ3n) is 4.09. The third kappa shape index (κ3) is 3.24. The molecular weight excluding hydrogens is 280 g/mol. The number of rotatable bonds is 4. The smallest absolute Gasteiger partial charge is 0.223 e. The molecule has 0 unspecified atom stereocenters. The normalized spacial score (nSPS) is 15.8. The lowest BCUT2D eigenvalue weighted by Gasteiger charge is -2.31. The molecule has 0 bridgehead atoms. The van der Waals surface area contributed by atoms with Gasteiger partial charge in [0, 0.05) is 44.6 Å². The molecule has 3 heterocycles. The van der Waals surface area contributed by atoms with Gasteiger partial charge in [0.15, 0.2) is 5.82 Å². The fourth-order valence-electron chi connectivity index (χ4n) is 2.71. The van der Waals surface area contributed by atoms with Crippen LogP contribution in [0.3, 0.4) is 0 Å². The summed E-state index contributed by atoms with van der Waals surface area (Å²) in [5.74, 6) is 1.93. The Hall–Kier alpha value is -2.44. The number of hydrogen-bond acceptors (Lipinski definition) is 5. The van der Waals surface area contributed by atoms with Gasteiger partial charge in [0.1, 0.15) is 5.82 Å². The molecule has 1 saturated heterocycles. The summed E-state index contributed by atoms with van der Waals surface area (Å²) >= 11 is 0. The summed E-state index contributed by atoms with van der Waals surface area (Å²) in [7, 11) is 1.92. The number of aromatic nitrogens is 4. The number of hydrogen-bond donors (Lipinski definition) is 1. The van der Waals surface area contributed by atoms with Gasteiger partial charge < -0.3 is 14.8 Å². The number of nitrogens with one attached hydrogen (secondary N) is 1. The molecule has 0 spiro atoms. The number of anilines is 1. The van der Waals surface area contributed by atoms with Crippen LogP contribution in [0.4, 0.5) is 5.82 Å². The van der Waals surface area contributed by atoms with E-state index in [4.69, 9.17) is 0 Å². The van der Waals surface area contributed by atoms with E-state index in [0.717, 1.165) is 37.6 Å². The monoisotopic (exact) mass is 300 g/mol. The van der Waals surface area contributed by atoms with Crippen LogP contribution < -0.4 is 10.2 Å². The van der Waals surface area contributed by atoms with Crippen molar-refractivity contribution in [1.82, 2.24) is 25.1 Å². The van der Waals surface area contributed by atoms with Crippen LogP contribution in [0.15, 0.2) is 30.7 Å². The maximum absolute atomic E-state index is 12.3. The lowest BCUT2D eigenvalue weighted by Crippen LogP contribution is -2.40. The molecule has 1 N–H and O–H groups in total. The highest BCUT2D eigenvalue weighted by Gasteiger charge is 2.25. The summed E-state index contributed by atoms with van der Waals surface area (Å²) in [6.07, 6.45) is 6.95. The fraction of sp³-hybridized carbons (Fsp3) is 0.467. The molecule has 0 radical (unpaired) electrons. The first-order valence-corrected chi connectivity index (χ1v) is 7.50. The van der Waals surface area contributed by atoms with E-state index in [1.54, 1.807) is 12.4 Å². The second-order valence-electron chi connectivity index (χ2n) is 5.52. The van der Waals surface area contributed by atoms with E-state index >= 15 is 0 Å². The van der Waals surface area contributed by atoms with Crippen molar-refractivity contribution in [3.05, 3.63) is 36.5 Å². The highest BCUT2D eigenvalue weighted by Crippen LogP contribution is 2.21. The van der Waals surface area contributed by atoms with Gasteiger partial charge in [-0.3, -0.25) is 4.79 Å². The third-order valence-corrected chi connectivity index (χ3v) is 4.09. The van der Waals surface area contributed by atoms with Crippen molar-refractivity contribution in [2.75, 3.05) is 18.0 Å². The van der Waals surface area contributed by atoms with Crippen LogP contribution in [0.1, 0.15) is 18.7 Å². The van der Waals surface area contributed by atoms with E-state index in [0.29, 0.717) is 6.54 Å². The van der Waals surface area contributed by atoms with Gasteiger partial charge in [0.05, 0.1) is 6.54 Å². The number of amides is 1. The van der Waals surface area contributed by atoms with Crippen LogP contribution in [0.2, 0.25) is 0 Å². The summed E-state index contributed by atoms with van der Waals surface area (Å²) in [6.45, 7) is 2.14. The first kappa shape index (κ1) is 14.5. The zero-order valence-corrected chi connectivity index (χ0v) is 12.6. The van der Waals surface area contributed by atoms with Gasteiger partial charge >= 0.3 is 0 Å². The highest BCUT2D eigenvalue weighted by molar-refractivity contribution is 5.78. The standard InChI is InChI=1S/C15H20N6O/c1-20-10-7-16-14(20)11-17-15(22)12-4-8-21(9-5-12)13-3-2-6-18-19-13/h2-3,6-7,10,12H,4-5,8-9,11H2,1H3,(H,17,22). The van der Waals surface area contributed by atoms with E-state index in [1.807, 2.05) is 29.9 Å². The second-order valence-corrected chi connectivity index (χ2v) is 5.52. The number of aryl methyl sites for hydroxylation is 1. The molecule has 0 aliphatic carbocycles. The lowest BCUT2D eigenvalue weighted by atomic mass is 9.96. The van der Waals surface area contributed by atoms with Gasteiger partial charge in [-0.15, -0.1) is 5.10 Å². The molecule has 0 saturated carbocycles. The Morgan fingerprint density at radius 3 is 2.82 bits per heavy atom. The largest absolute Gasteiger partial charge is 0.355 e. The molecule has 2 aromatic rings. The predicted octanol–water partition coefficient (Wildman–Crippen LogP) is 0.743. The molecule has 0 atom stereocenters. The molecule has 1 aliphatic rings. The first-order chi connectivity index (χ1) is 10.7. The minimum Gasteiger partial charge on any atom is -0.355 e. The topological polar surface area (TPSA) is 75.9 Å². The van der Waals surface area contributed by atoms with Gasteiger partial charge in [-0.05, 0) is 25.0 Å². The predicted molar refractivity (Wildman–Crippen MR) is 82.0 cm³/mol. The van der Waals surface area contributed by atoms with E-state index in [2.05, 4.69) is 25.4 Å². The zero-order chi connectivity index (χ0) is 15.4. The molecule has 2 aromatic heterocycles. The van der Waals surface area contributed by atoms with Gasteiger partial charge in [0.25, 0.3) is 0 Å². The number of piperidine rings is 1. The Morgan fingerprint density at radius 1 is 1.36 bits per heavy atom. The van der Waals surface area contributed by atoms with Crippen molar-refractivity contribution in [2.45, 2.75) is 19.4 Å². The molecular formula is C15H20N6O. The van der Waals surface area contributed by atoms with Crippen molar-refractivity contribution in [1.29, 1.82) is 0 Å². The van der Waals surface area contributed by atoms with Crippen LogP contribution in [0, 0.1) is 5.92 Å². The van der Waals surface area contributed by atoms with Gasteiger partial charge in [0.2, 0.25) is 5.91 Å². The van der Waals surface area contributed by atoms with E-state index in [9.17, 15) is 4.79 Å². The van der Waals surface area contributed by atoms with E-state index in [1.165, 1.54) is 0 Å². The Labute approximate surface area is 129 Å². The minimum absolute atomic E-state index is 0.0631. The van der Waals surface area contributed by atoms with Gasteiger partial charge in [-0.1, -0.05) is 0 Å². The molecule has 116 valence electrons. The van der Waals surface area contributed by atoms with Gasteiger partial charge in [-0.2, -0.15) is 5.10 Å². The Kier molecular flexibility index (Phi) is 4.32. The zero-order valence-electron chi connectivity index (χ0n) is 12.6. The Bertz CT molecular complexity index is 618. The maximum Gasteiger partial charge on any atom is 0.223 e. The summed E-state index contributed by atoms with van der Waals surface area (Å²) in [6, 6.07) is 3.84. The Morgan fingerprint density at radius 2 is 2.18 bits per heavy atom. The van der Waals surface area contributed by atoms with Crippen LogP contribution >= 0.6 is 0 Å². The number of carbonyl (C=O) groups is 1. The molecule has 7 heteroatoms.